The van der Waals surface area contributed by atoms with Gasteiger partial charge in [0.15, 0.2) is 0 Å². The molecule has 0 saturated heterocycles. The van der Waals surface area contributed by atoms with E-state index in [1.807, 2.05) is 0 Å². The van der Waals surface area contributed by atoms with Crippen LogP contribution < -0.4 is 0 Å². The number of pyridine rings is 1. The molecule has 5 heteroatoms. The number of methoxy groups -OCH3 is 1. The van der Waals surface area contributed by atoms with Crippen molar-refractivity contribution in [1.82, 2.24) is 4.98 Å². The Kier molecular flexibility index (Phi) is 7.77. The average Bonchev–Trinajstić information content (AvgIpc) is 2.46. The molecule has 5 nitrogen and oxygen atoms in total. The fourth-order valence-corrected chi connectivity index (χ4v) is 1.39. The van der Waals surface area contributed by atoms with Crippen molar-refractivity contribution in [1.29, 1.82) is 0 Å². The van der Waals surface area contributed by atoms with Crippen molar-refractivity contribution in [2.75, 3.05) is 26.9 Å². The van der Waals surface area contributed by atoms with Crippen LogP contribution >= 0.6 is 0 Å². The largest absolute Gasteiger partial charge is 0.465 e. The Morgan fingerprint density at radius 3 is 2.63 bits per heavy atom. The van der Waals surface area contributed by atoms with Gasteiger partial charge >= 0.3 is 5.97 Å². The molecule has 0 N–H and O–H groups in total. The minimum absolute atomic E-state index is 0.385. The first-order valence-corrected chi connectivity index (χ1v) is 6.46. The first-order chi connectivity index (χ1) is 9.27. The SMILES string of the molecule is CCCCOCCOCc1ccc(C(=O)OC)cn1. The zero-order valence-electron chi connectivity index (χ0n) is 11.6. The molecular weight excluding hydrogens is 246 g/mol. The van der Waals surface area contributed by atoms with E-state index in [4.69, 9.17) is 9.47 Å². The van der Waals surface area contributed by atoms with Crippen molar-refractivity contribution in [3.05, 3.63) is 29.6 Å². The lowest BCUT2D eigenvalue weighted by molar-refractivity contribution is 0.0386. The third-order valence-corrected chi connectivity index (χ3v) is 2.51. The fraction of sp³-hybridized carbons (Fsp3) is 0.571. The Bertz CT molecular complexity index is 364. The molecule has 1 rings (SSSR count). The molecule has 19 heavy (non-hydrogen) atoms. The lowest BCUT2D eigenvalue weighted by Gasteiger charge is -2.05. The first-order valence-electron chi connectivity index (χ1n) is 6.46. The molecule has 0 aliphatic heterocycles. The number of aromatic nitrogens is 1. The maximum atomic E-state index is 11.2. The van der Waals surface area contributed by atoms with E-state index in [1.165, 1.54) is 13.3 Å². The second-order valence-corrected chi connectivity index (χ2v) is 4.05. The molecule has 0 aliphatic carbocycles. The van der Waals surface area contributed by atoms with E-state index in [0.29, 0.717) is 25.4 Å². The second kappa shape index (κ2) is 9.47. The zero-order chi connectivity index (χ0) is 13.9. The van der Waals surface area contributed by atoms with Crippen LogP contribution in [-0.2, 0) is 20.8 Å². The van der Waals surface area contributed by atoms with Gasteiger partial charge in [-0.25, -0.2) is 4.79 Å². The van der Waals surface area contributed by atoms with Gasteiger partial charge in [0, 0.05) is 12.8 Å². The van der Waals surface area contributed by atoms with Gasteiger partial charge in [0.1, 0.15) is 0 Å². The number of ether oxygens (including phenoxy) is 3. The van der Waals surface area contributed by atoms with Crippen molar-refractivity contribution in [2.45, 2.75) is 26.4 Å². The lowest BCUT2D eigenvalue weighted by atomic mass is 10.2. The summed E-state index contributed by atoms with van der Waals surface area (Å²) in [4.78, 5) is 15.3. The Hall–Kier alpha value is -1.46. The summed E-state index contributed by atoms with van der Waals surface area (Å²) >= 11 is 0. The molecule has 0 saturated carbocycles. The van der Waals surface area contributed by atoms with Gasteiger partial charge in [-0.3, -0.25) is 4.98 Å². The molecular formula is C14H21NO4. The van der Waals surface area contributed by atoms with Gasteiger partial charge in [0.2, 0.25) is 0 Å². The molecule has 0 unspecified atom stereocenters. The first kappa shape index (κ1) is 15.6. The topological polar surface area (TPSA) is 57.7 Å². The summed E-state index contributed by atoms with van der Waals surface area (Å²) in [5.74, 6) is -0.385. The molecule has 1 heterocycles. The van der Waals surface area contributed by atoms with E-state index < -0.39 is 0 Å². The van der Waals surface area contributed by atoms with Crippen molar-refractivity contribution < 1.29 is 19.0 Å². The van der Waals surface area contributed by atoms with Crippen molar-refractivity contribution in [2.24, 2.45) is 0 Å². The van der Waals surface area contributed by atoms with E-state index in [-0.39, 0.29) is 5.97 Å². The normalized spacial score (nSPS) is 10.4. The summed E-state index contributed by atoms with van der Waals surface area (Å²) in [7, 11) is 1.35. The highest BCUT2D eigenvalue weighted by molar-refractivity contribution is 5.88. The predicted octanol–water partition coefficient (Wildman–Crippen LogP) is 2.20. The Balaban J connectivity index is 2.18. The van der Waals surface area contributed by atoms with Crippen LogP contribution in [0.5, 0.6) is 0 Å². The number of carbonyl (C=O) groups excluding carboxylic acids is 1. The number of carbonyl (C=O) groups is 1. The molecule has 1 aromatic heterocycles. The highest BCUT2D eigenvalue weighted by Crippen LogP contribution is 2.03. The fourth-order valence-electron chi connectivity index (χ4n) is 1.39. The van der Waals surface area contributed by atoms with Gasteiger partial charge in [0.05, 0.1) is 38.2 Å². The quantitative estimate of drug-likeness (QED) is 0.507. The van der Waals surface area contributed by atoms with Crippen LogP contribution in [0.3, 0.4) is 0 Å². The summed E-state index contributed by atoms with van der Waals surface area (Å²) in [5.41, 5.74) is 1.22. The molecule has 0 fully saturated rings. The number of unbranched alkanes of at least 4 members (excludes halogenated alkanes) is 1. The van der Waals surface area contributed by atoms with Crippen LogP contribution in [0.4, 0.5) is 0 Å². The summed E-state index contributed by atoms with van der Waals surface area (Å²) < 4.78 is 15.4. The van der Waals surface area contributed by atoms with E-state index in [9.17, 15) is 4.79 Å². The number of hydrogen-bond acceptors (Lipinski definition) is 5. The third-order valence-electron chi connectivity index (χ3n) is 2.51. The van der Waals surface area contributed by atoms with Crippen LogP contribution in [0.15, 0.2) is 18.3 Å². The van der Waals surface area contributed by atoms with Gasteiger partial charge in [0.25, 0.3) is 0 Å². The number of esters is 1. The third kappa shape index (κ3) is 6.31. The number of hydrogen-bond donors (Lipinski definition) is 0. The monoisotopic (exact) mass is 267 g/mol. The minimum atomic E-state index is -0.385. The highest BCUT2D eigenvalue weighted by atomic mass is 16.5. The Labute approximate surface area is 113 Å². The van der Waals surface area contributed by atoms with Crippen molar-refractivity contribution in [3.8, 4) is 0 Å². The molecule has 0 radical (unpaired) electrons. The molecule has 106 valence electrons. The van der Waals surface area contributed by atoms with Crippen molar-refractivity contribution in [3.63, 3.8) is 0 Å². The summed E-state index contributed by atoms with van der Waals surface area (Å²) in [6.45, 7) is 4.47. The standard InChI is InChI=1S/C14H21NO4/c1-3-4-7-18-8-9-19-11-13-6-5-12(10-15-13)14(16)17-2/h5-6,10H,3-4,7-9,11H2,1-2H3. The minimum Gasteiger partial charge on any atom is -0.465 e. The van der Waals surface area contributed by atoms with Gasteiger partial charge in [-0.2, -0.15) is 0 Å². The van der Waals surface area contributed by atoms with Crippen LogP contribution in [0.25, 0.3) is 0 Å². The molecule has 0 spiro atoms. The van der Waals surface area contributed by atoms with E-state index in [0.717, 1.165) is 25.1 Å². The average molecular weight is 267 g/mol. The molecule has 0 bridgehead atoms. The number of rotatable bonds is 9. The van der Waals surface area contributed by atoms with E-state index in [2.05, 4.69) is 16.6 Å². The van der Waals surface area contributed by atoms with Crippen molar-refractivity contribution >= 4 is 5.97 Å². The van der Waals surface area contributed by atoms with Gasteiger partial charge in [-0.05, 0) is 18.6 Å². The van der Waals surface area contributed by atoms with Gasteiger partial charge < -0.3 is 14.2 Å². The van der Waals surface area contributed by atoms with Crippen LogP contribution in [0.1, 0.15) is 35.8 Å². The van der Waals surface area contributed by atoms with Crippen LogP contribution in [-0.4, -0.2) is 37.9 Å². The molecule has 0 aliphatic rings. The van der Waals surface area contributed by atoms with E-state index >= 15 is 0 Å². The Morgan fingerprint density at radius 2 is 2.00 bits per heavy atom. The smallest absolute Gasteiger partial charge is 0.339 e. The molecule has 1 aromatic rings. The molecule has 0 atom stereocenters. The lowest BCUT2D eigenvalue weighted by Crippen LogP contribution is -2.07. The zero-order valence-corrected chi connectivity index (χ0v) is 11.6. The summed E-state index contributed by atoms with van der Waals surface area (Å²) in [6.07, 6.45) is 3.70. The maximum absolute atomic E-state index is 11.2. The molecule has 0 aromatic carbocycles. The highest BCUT2D eigenvalue weighted by Gasteiger charge is 2.05. The van der Waals surface area contributed by atoms with Gasteiger partial charge in [-0.15, -0.1) is 0 Å². The Morgan fingerprint density at radius 1 is 1.21 bits per heavy atom. The van der Waals surface area contributed by atoms with E-state index in [1.54, 1.807) is 12.1 Å². The molecule has 0 amide bonds. The van der Waals surface area contributed by atoms with Crippen LogP contribution in [0, 0.1) is 0 Å². The number of nitrogens with zero attached hydrogens (tertiary/aromatic N) is 1. The maximum Gasteiger partial charge on any atom is 0.339 e. The predicted molar refractivity (Wildman–Crippen MR) is 71.0 cm³/mol. The van der Waals surface area contributed by atoms with Gasteiger partial charge in [-0.1, -0.05) is 13.3 Å². The second-order valence-electron chi connectivity index (χ2n) is 4.05. The summed E-state index contributed by atoms with van der Waals surface area (Å²) in [5, 5.41) is 0. The van der Waals surface area contributed by atoms with Crippen LogP contribution in [0.2, 0.25) is 0 Å². The summed E-state index contributed by atoms with van der Waals surface area (Å²) in [6, 6.07) is 3.43.